The quantitative estimate of drug-likeness (QED) is 0.510. The van der Waals surface area contributed by atoms with E-state index in [0.29, 0.717) is 10.8 Å². The molecule has 0 saturated carbocycles. The molecule has 3 rings (SSSR count). The maximum Gasteiger partial charge on any atom is 0.234 e. The molecule has 0 radical (unpaired) electrons. The smallest absolute Gasteiger partial charge is 0.234 e. The fraction of sp³-hybridized carbons (Fsp3) is 0.0500. The second kappa shape index (κ2) is 8.99. The third-order valence-electron chi connectivity index (χ3n) is 3.33. The first-order valence-corrected chi connectivity index (χ1v) is 9.89. The number of hydrogen-bond acceptors (Lipinski definition) is 3. The van der Waals surface area contributed by atoms with E-state index >= 15 is 0 Å². The van der Waals surface area contributed by atoms with Gasteiger partial charge in [0.1, 0.15) is 0 Å². The highest BCUT2D eigenvalue weighted by Crippen LogP contribution is 2.33. The van der Waals surface area contributed by atoms with Gasteiger partial charge in [0, 0.05) is 14.7 Å². The van der Waals surface area contributed by atoms with Crippen LogP contribution in [-0.4, -0.2) is 11.7 Å². The molecule has 25 heavy (non-hydrogen) atoms. The van der Waals surface area contributed by atoms with Crippen molar-refractivity contribution in [3.05, 3.63) is 83.9 Å². The molecule has 0 aliphatic heterocycles. The first-order valence-electron chi connectivity index (χ1n) is 7.71. The van der Waals surface area contributed by atoms with Gasteiger partial charge in [0.2, 0.25) is 5.91 Å². The Morgan fingerprint density at radius 3 is 2.24 bits per heavy atom. The average molecular weight is 386 g/mol. The van der Waals surface area contributed by atoms with Crippen LogP contribution in [-0.2, 0) is 4.79 Å². The van der Waals surface area contributed by atoms with Gasteiger partial charge >= 0.3 is 0 Å². The van der Waals surface area contributed by atoms with E-state index in [9.17, 15) is 4.79 Å². The van der Waals surface area contributed by atoms with Crippen LogP contribution in [0.2, 0.25) is 5.02 Å². The molecule has 3 aromatic carbocycles. The summed E-state index contributed by atoms with van der Waals surface area (Å²) < 4.78 is 0. The fourth-order valence-corrected chi connectivity index (χ4v) is 4.13. The molecule has 2 nitrogen and oxygen atoms in total. The maximum absolute atomic E-state index is 12.3. The summed E-state index contributed by atoms with van der Waals surface area (Å²) >= 11 is 9.19. The van der Waals surface area contributed by atoms with Crippen LogP contribution in [0, 0.1) is 0 Å². The number of rotatable bonds is 6. The Labute approximate surface area is 161 Å². The van der Waals surface area contributed by atoms with Gasteiger partial charge in [-0.25, -0.2) is 0 Å². The van der Waals surface area contributed by atoms with Crippen molar-refractivity contribution in [3.63, 3.8) is 0 Å². The van der Waals surface area contributed by atoms with Crippen molar-refractivity contribution < 1.29 is 4.79 Å². The van der Waals surface area contributed by atoms with E-state index in [4.69, 9.17) is 11.6 Å². The normalized spacial score (nSPS) is 10.4. The zero-order chi connectivity index (χ0) is 17.5. The first-order chi connectivity index (χ1) is 12.2. The van der Waals surface area contributed by atoms with Crippen LogP contribution in [0.1, 0.15) is 0 Å². The van der Waals surface area contributed by atoms with Gasteiger partial charge in [0.05, 0.1) is 16.5 Å². The summed E-state index contributed by atoms with van der Waals surface area (Å²) in [4.78, 5) is 15.4. The molecular formula is C20H16ClNOS2. The Hall–Kier alpha value is -1.88. The minimum atomic E-state index is -0.0500. The van der Waals surface area contributed by atoms with Gasteiger partial charge in [-0.05, 0) is 36.4 Å². The molecular weight excluding hydrogens is 370 g/mol. The summed E-state index contributed by atoms with van der Waals surface area (Å²) in [5, 5.41) is 3.66. The molecule has 0 unspecified atom stereocenters. The topological polar surface area (TPSA) is 29.1 Å². The number of carbonyl (C=O) groups excluding carboxylic acids is 1. The molecule has 0 aliphatic carbocycles. The molecule has 5 heteroatoms. The van der Waals surface area contributed by atoms with E-state index in [1.807, 2.05) is 66.7 Å². The van der Waals surface area contributed by atoms with Gasteiger partial charge < -0.3 is 5.32 Å². The fourth-order valence-electron chi connectivity index (χ4n) is 2.17. The number of anilines is 1. The van der Waals surface area contributed by atoms with Crippen molar-refractivity contribution in [2.75, 3.05) is 11.1 Å². The number of nitrogens with one attached hydrogen (secondary N) is 1. The van der Waals surface area contributed by atoms with Gasteiger partial charge in [0.15, 0.2) is 0 Å². The highest BCUT2D eigenvalue weighted by molar-refractivity contribution is 8.00. The van der Waals surface area contributed by atoms with Gasteiger partial charge in [-0.1, -0.05) is 65.8 Å². The lowest BCUT2D eigenvalue weighted by molar-refractivity contribution is -0.113. The van der Waals surface area contributed by atoms with Crippen molar-refractivity contribution in [3.8, 4) is 0 Å². The van der Waals surface area contributed by atoms with Crippen LogP contribution in [0.4, 0.5) is 5.69 Å². The lowest BCUT2D eigenvalue weighted by Crippen LogP contribution is -2.14. The molecule has 0 aliphatic rings. The van der Waals surface area contributed by atoms with Gasteiger partial charge in [-0.2, -0.15) is 0 Å². The predicted molar refractivity (Wildman–Crippen MR) is 108 cm³/mol. The lowest BCUT2D eigenvalue weighted by Gasteiger charge is -2.11. The molecule has 0 aromatic heterocycles. The van der Waals surface area contributed by atoms with Crippen LogP contribution < -0.4 is 5.32 Å². The highest BCUT2D eigenvalue weighted by Gasteiger charge is 2.09. The second-order valence-corrected chi connectivity index (χ2v) is 7.72. The van der Waals surface area contributed by atoms with Crippen molar-refractivity contribution in [1.82, 2.24) is 0 Å². The van der Waals surface area contributed by atoms with Crippen LogP contribution in [0.25, 0.3) is 0 Å². The standard InChI is InChI=1S/C20H16ClNOS2/c21-16-10-4-6-12-18(16)24-14-20(23)22-17-11-5-7-13-19(17)25-15-8-2-1-3-9-15/h1-13H,14H2,(H,22,23). The number of para-hydroxylation sites is 1. The van der Waals surface area contributed by atoms with E-state index in [-0.39, 0.29) is 5.91 Å². The van der Waals surface area contributed by atoms with Crippen LogP contribution >= 0.6 is 35.1 Å². The Morgan fingerprint density at radius 1 is 0.840 bits per heavy atom. The minimum absolute atomic E-state index is 0.0500. The molecule has 0 atom stereocenters. The van der Waals surface area contributed by atoms with Gasteiger partial charge in [-0.15, -0.1) is 11.8 Å². The molecule has 0 fully saturated rings. The summed E-state index contributed by atoms with van der Waals surface area (Å²) in [5.41, 5.74) is 0.820. The van der Waals surface area contributed by atoms with Crippen molar-refractivity contribution in [2.24, 2.45) is 0 Å². The molecule has 0 saturated heterocycles. The number of thioether (sulfide) groups is 1. The third kappa shape index (κ3) is 5.30. The van der Waals surface area contributed by atoms with E-state index in [0.717, 1.165) is 20.4 Å². The number of benzene rings is 3. The lowest BCUT2D eigenvalue weighted by atomic mass is 10.3. The summed E-state index contributed by atoms with van der Waals surface area (Å²) in [7, 11) is 0. The number of amides is 1. The zero-order valence-electron chi connectivity index (χ0n) is 13.3. The molecule has 0 bridgehead atoms. The molecule has 0 heterocycles. The molecule has 126 valence electrons. The van der Waals surface area contributed by atoms with Crippen molar-refractivity contribution in [1.29, 1.82) is 0 Å². The molecule has 1 N–H and O–H groups in total. The molecule has 0 spiro atoms. The molecule has 3 aromatic rings. The van der Waals surface area contributed by atoms with E-state index in [2.05, 4.69) is 17.4 Å². The van der Waals surface area contributed by atoms with Crippen LogP contribution in [0.15, 0.2) is 93.5 Å². The third-order valence-corrected chi connectivity index (χ3v) is 5.93. The number of hydrogen-bond donors (Lipinski definition) is 1. The minimum Gasteiger partial charge on any atom is -0.324 e. The van der Waals surface area contributed by atoms with Gasteiger partial charge in [0.25, 0.3) is 0 Å². The Morgan fingerprint density at radius 2 is 1.48 bits per heavy atom. The van der Waals surface area contributed by atoms with Crippen molar-refractivity contribution in [2.45, 2.75) is 14.7 Å². The Kier molecular flexibility index (Phi) is 6.45. The predicted octanol–water partition coefficient (Wildman–Crippen LogP) is 6.22. The van der Waals surface area contributed by atoms with E-state index < -0.39 is 0 Å². The summed E-state index contributed by atoms with van der Waals surface area (Å²) in [6.45, 7) is 0. The summed E-state index contributed by atoms with van der Waals surface area (Å²) in [6, 6.07) is 25.5. The molecule has 1 amide bonds. The average Bonchev–Trinajstić information content (AvgIpc) is 2.64. The van der Waals surface area contributed by atoms with E-state index in [1.165, 1.54) is 11.8 Å². The largest absolute Gasteiger partial charge is 0.324 e. The number of carbonyl (C=O) groups is 1. The Bertz CT molecular complexity index is 855. The van der Waals surface area contributed by atoms with Gasteiger partial charge in [-0.3, -0.25) is 4.79 Å². The van der Waals surface area contributed by atoms with Crippen molar-refractivity contribution >= 4 is 46.7 Å². The zero-order valence-corrected chi connectivity index (χ0v) is 15.7. The number of halogens is 1. The van der Waals surface area contributed by atoms with Crippen LogP contribution in [0.3, 0.4) is 0 Å². The maximum atomic E-state index is 12.3. The second-order valence-electron chi connectivity index (χ2n) is 5.18. The summed E-state index contributed by atoms with van der Waals surface area (Å²) in [5.74, 6) is 0.264. The van der Waals surface area contributed by atoms with E-state index in [1.54, 1.807) is 11.8 Å². The SMILES string of the molecule is O=C(CSc1ccccc1Cl)Nc1ccccc1Sc1ccccc1. The highest BCUT2D eigenvalue weighted by atomic mass is 35.5. The monoisotopic (exact) mass is 385 g/mol. The summed E-state index contributed by atoms with van der Waals surface area (Å²) in [6.07, 6.45) is 0. The first kappa shape index (κ1) is 17.9. The van der Waals surface area contributed by atoms with Crippen LogP contribution in [0.5, 0.6) is 0 Å². The Balaban J connectivity index is 1.64.